The molecular formula is C15H25NO3. The zero-order valence-electron chi connectivity index (χ0n) is 12.2. The van der Waals surface area contributed by atoms with Gasteiger partial charge in [0.1, 0.15) is 11.5 Å². The van der Waals surface area contributed by atoms with E-state index >= 15 is 0 Å². The Hall–Kier alpha value is -1.26. The third-order valence-electron chi connectivity index (χ3n) is 3.29. The number of methoxy groups -OCH3 is 2. The molecule has 108 valence electrons. The van der Waals surface area contributed by atoms with E-state index < -0.39 is 6.10 Å². The highest BCUT2D eigenvalue weighted by Crippen LogP contribution is 2.38. The summed E-state index contributed by atoms with van der Waals surface area (Å²) in [4.78, 5) is 0. The number of aliphatic hydroxyl groups is 1. The van der Waals surface area contributed by atoms with Crippen molar-refractivity contribution in [2.45, 2.75) is 26.4 Å². The minimum Gasteiger partial charge on any atom is -0.496 e. The van der Waals surface area contributed by atoms with Crippen molar-refractivity contribution in [2.75, 3.05) is 20.8 Å². The van der Waals surface area contributed by atoms with Crippen molar-refractivity contribution in [1.82, 2.24) is 0 Å². The average molecular weight is 267 g/mol. The second-order valence-electron chi connectivity index (χ2n) is 5.15. The van der Waals surface area contributed by atoms with E-state index in [1.807, 2.05) is 18.2 Å². The Labute approximate surface area is 115 Å². The minimum atomic E-state index is -0.682. The van der Waals surface area contributed by atoms with Crippen LogP contribution in [-0.2, 0) is 0 Å². The lowest BCUT2D eigenvalue weighted by Crippen LogP contribution is -2.24. The summed E-state index contributed by atoms with van der Waals surface area (Å²) in [6, 6.07) is 5.49. The van der Waals surface area contributed by atoms with Gasteiger partial charge >= 0.3 is 0 Å². The first-order valence-electron chi connectivity index (χ1n) is 6.64. The Morgan fingerprint density at radius 2 is 1.68 bits per heavy atom. The number of rotatable bonds is 7. The van der Waals surface area contributed by atoms with Crippen molar-refractivity contribution in [3.63, 3.8) is 0 Å². The van der Waals surface area contributed by atoms with Crippen molar-refractivity contribution < 1.29 is 14.6 Å². The molecule has 0 radical (unpaired) electrons. The highest BCUT2D eigenvalue weighted by Gasteiger charge is 2.26. The van der Waals surface area contributed by atoms with E-state index in [1.54, 1.807) is 14.2 Å². The summed E-state index contributed by atoms with van der Waals surface area (Å²) in [7, 11) is 3.18. The van der Waals surface area contributed by atoms with Gasteiger partial charge in [0.05, 0.1) is 25.9 Å². The van der Waals surface area contributed by atoms with Gasteiger partial charge in [-0.15, -0.1) is 0 Å². The Morgan fingerprint density at radius 3 is 2.05 bits per heavy atom. The SMILES string of the molecule is COc1cccc(OC)c1C(O)C(CN)CC(C)C. The van der Waals surface area contributed by atoms with E-state index in [0.717, 1.165) is 6.42 Å². The van der Waals surface area contributed by atoms with Gasteiger partial charge in [-0.05, 0) is 31.0 Å². The first-order chi connectivity index (χ1) is 9.04. The molecule has 1 aromatic carbocycles. The Balaban J connectivity index is 3.11. The molecule has 2 unspecified atom stereocenters. The number of aliphatic hydroxyl groups excluding tert-OH is 1. The molecule has 1 aromatic rings. The van der Waals surface area contributed by atoms with E-state index in [0.29, 0.717) is 29.5 Å². The van der Waals surface area contributed by atoms with Gasteiger partial charge in [0, 0.05) is 5.92 Å². The van der Waals surface area contributed by atoms with E-state index in [1.165, 1.54) is 0 Å². The van der Waals surface area contributed by atoms with Crippen LogP contribution in [0.5, 0.6) is 11.5 Å². The topological polar surface area (TPSA) is 64.7 Å². The van der Waals surface area contributed by atoms with Crippen LogP contribution in [0.25, 0.3) is 0 Å². The van der Waals surface area contributed by atoms with Crippen LogP contribution in [0.3, 0.4) is 0 Å². The van der Waals surface area contributed by atoms with Gasteiger partial charge in [0.15, 0.2) is 0 Å². The molecule has 3 N–H and O–H groups in total. The molecule has 0 bridgehead atoms. The Kier molecular flexibility index (Phi) is 6.12. The maximum Gasteiger partial charge on any atom is 0.128 e. The first-order valence-corrected chi connectivity index (χ1v) is 6.64. The standard InChI is InChI=1S/C15H25NO3/c1-10(2)8-11(9-16)15(17)14-12(18-3)6-5-7-13(14)19-4/h5-7,10-11,15,17H,8-9,16H2,1-4H3. The lowest BCUT2D eigenvalue weighted by molar-refractivity contribution is 0.0940. The second kappa shape index (κ2) is 7.36. The lowest BCUT2D eigenvalue weighted by Gasteiger charge is -2.26. The van der Waals surface area contributed by atoms with E-state index in [4.69, 9.17) is 15.2 Å². The number of hydrogen-bond acceptors (Lipinski definition) is 4. The van der Waals surface area contributed by atoms with Crippen LogP contribution < -0.4 is 15.2 Å². The fourth-order valence-corrected chi connectivity index (χ4v) is 2.37. The fourth-order valence-electron chi connectivity index (χ4n) is 2.37. The van der Waals surface area contributed by atoms with Crippen LogP contribution in [0, 0.1) is 11.8 Å². The third kappa shape index (κ3) is 3.85. The van der Waals surface area contributed by atoms with Crippen LogP contribution in [0.4, 0.5) is 0 Å². The molecule has 0 spiro atoms. The molecule has 1 rings (SSSR count). The number of benzene rings is 1. The smallest absolute Gasteiger partial charge is 0.128 e. The third-order valence-corrected chi connectivity index (χ3v) is 3.29. The van der Waals surface area contributed by atoms with Gasteiger partial charge < -0.3 is 20.3 Å². The molecule has 4 heteroatoms. The zero-order valence-corrected chi connectivity index (χ0v) is 12.2. The summed E-state index contributed by atoms with van der Waals surface area (Å²) in [5.74, 6) is 1.73. The minimum absolute atomic E-state index is 0.00907. The van der Waals surface area contributed by atoms with Crippen LogP contribution in [0.2, 0.25) is 0 Å². The molecule has 0 amide bonds. The van der Waals surface area contributed by atoms with Gasteiger partial charge in [0.2, 0.25) is 0 Å². The molecule has 0 fully saturated rings. The van der Waals surface area contributed by atoms with Crippen molar-refractivity contribution >= 4 is 0 Å². The fraction of sp³-hybridized carbons (Fsp3) is 0.600. The first kappa shape index (κ1) is 15.8. The maximum absolute atomic E-state index is 10.6. The second-order valence-corrected chi connectivity index (χ2v) is 5.15. The van der Waals surface area contributed by atoms with Crippen LogP contribution in [-0.4, -0.2) is 25.9 Å². The lowest BCUT2D eigenvalue weighted by atomic mass is 9.87. The number of nitrogens with two attached hydrogens (primary N) is 1. The number of ether oxygens (including phenoxy) is 2. The summed E-state index contributed by atoms with van der Waals surface area (Å²) < 4.78 is 10.7. The van der Waals surface area contributed by atoms with Gasteiger partial charge in [-0.1, -0.05) is 19.9 Å². The molecule has 4 nitrogen and oxygen atoms in total. The molecule has 2 atom stereocenters. The van der Waals surface area contributed by atoms with E-state index in [9.17, 15) is 5.11 Å². The van der Waals surface area contributed by atoms with Gasteiger partial charge in [-0.3, -0.25) is 0 Å². The Bertz CT molecular complexity index is 371. The summed E-state index contributed by atoms with van der Waals surface area (Å²) in [6.07, 6.45) is 0.178. The van der Waals surface area contributed by atoms with Crippen LogP contribution >= 0.6 is 0 Å². The molecule has 0 aliphatic heterocycles. The monoisotopic (exact) mass is 267 g/mol. The summed E-state index contributed by atoms with van der Waals surface area (Å²) in [5.41, 5.74) is 6.48. The molecule has 0 aromatic heterocycles. The van der Waals surface area contributed by atoms with E-state index in [-0.39, 0.29) is 5.92 Å². The molecule has 19 heavy (non-hydrogen) atoms. The Morgan fingerprint density at radius 1 is 1.16 bits per heavy atom. The summed E-state index contributed by atoms with van der Waals surface area (Å²) >= 11 is 0. The summed E-state index contributed by atoms with van der Waals surface area (Å²) in [5, 5.41) is 10.6. The van der Waals surface area contributed by atoms with Crippen molar-refractivity contribution in [3.8, 4) is 11.5 Å². The molecule has 0 aliphatic rings. The average Bonchev–Trinajstić information content (AvgIpc) is 2.42. The van der Waals surface area contributed by atoms with Crippen molar-refractivity contribution in [2.24, 2.45) is 17.6 Å². The highest BCUT2D eigenvalue weighted by molar-refractivity contribution is 5.46. The van der Waals surface area contributed by atoms with Gasteiger partial charge in [0.25, 0.3) is 0 Å². The molecule has 0 saturated carbocycles. The largest absolute Gasteiger partial charge is 0.496 e. The van der Waals surface area contributed by atoms with Crippen LogP contribution in [0.1, 0.15) is 31.9 Å². The maximum atomic E-state index is 10.6. The summed E-state index contributed by atoms with van der Waals surface area (Å²) in [6.45, 7) is 4.67. The molecule has 0 heterocycles. The molecular weight excluding hydrogens is 242 g/mol. The number of hydrogen-bond donors (Lipinski definition) is 2. The predicted molar refractivity (Wildman–Crippen MR) is 76.5 cm³/mol. The highest BCUT2D eigenvalue weighted by atomic mass is 16.5. The van der Waals surface area contributed by atoms with Crippen molar-refractivity contribution in [3.05, 3.63) is 23.8 Å². The van der Waals surface area contributed by atoms with Gasteiger partial charge in [-0.25, -0.2) is 0 Å². The van der Waals surface area contributed by atoms with Crippen molar-refractivity contribution in [1.29, 1.82) is 0 Å². The molecule has 0 saturated heterocycles. The molecule has 0 aliphatic carbocycles. The zero-order chi connectivity index (χ0) is 14.4. The van der Waals surface area contributed by atoms with Crippen LogP contribution in [0.15, 0.2) is 18.2 Å². The van der Waals surface area contributed by atoms with E-state index in [2.05, 4.69) is 13.8 Å². The normalized spacial score (nSPS) is 14.3. The van der Waals surface area contributed by atoms with Gasteiger partial charge in [-0.2, -0.15) is 0 Å². The predicted octanol–water partition coefficient (Wildman–Crippen LogP) is 2.36. The quantitative estimate of drug-likeness (QED) is 0.796.